The Hall–Kier alpha value is -9.37. The van der Waals surface area contributed by atoms with Crippen molar-refractivity contribution in [2.45, 2.75) is 55.4 Å². The minimum absolute atomic E-state index is 0.391. The zero-order valence-corrected chi connectivity index (χ0v) is 41.3. The summed E-state index contributed by atoms with van der Waals surface area (Å²) in [4.78, 5) is 13.0. The molecule has 15 heteroatoms. The Balaban J connectivity index is 0.809. The van der Waals surface area contributed by atoms with E-state index in [1.54, 1.807) is 12.1 Å². The minimum Gasteiger partial charge on any atom is -0.308 e. The zero-order chi connectivity index (χ0) is 50.6. The van der Waals surface area contributed by atoms with Crippen molar-refractivity contribution in [3.63, 3.8) is 0 Å². The second kappa shape index (κ2) is 22.8. The molecule has 0 aliphatic heterocycles. The highest BCUT2D eigenvalue weighted by Crippen LogP contribution is 2.34. The van der Waals surface area contributed by atoms with E-state index >= 15 is 0 Å². The molecule has 0 saturated carbocycles. The fraction of sp³-hybridized carbons (Fsp3) is 0.140. The first kappa shape index (κ1) is 49.1. The SMILES string of the molecule is Cc1ccc(N=Nc2ccc(N=Nc3ccc(N=Nc4ccc(NC(=O)Nc5ccc(N=Nc6ccc(N=Nc7ccc(N=Nc8ccc(C)cc8)cc7C)c(C)c6)c(C)c5)cc4C)cc3C)c(C)c2)cc1. The highest BCUT2D eigenvalue weighted by atomic mass is 16.2. The maximum Gasteiger partial charge on any atom is 0.323 e. The van der Waals surface area contributed by atoms with Gasteiger partial charge in [0.25, 0.3) is 0 Å². The zero-order valence-electron chi connectivity index (χ0n) is 41.3. The lowest BCUT2D eigenvalue weighted by molar-refractivity contribution is 0.262. The van der Waals surface area contributed by atoms with Gasteiger partial charge in [0.1, 0.15) is 0 Å². The van der Waals surface area contributed by atoms with Gasteiger partial charge in [0, 0.05) is 11.4 Å². The van der Waals surface area contributed by atoms with Crippen LogP contribution in [0.4, 0.5) is 84.4 Å². The lowest BCUT2D eigenvalue weighted by atomic mass is 10.1. The fourth-order valence-corrected chi connectivity index (χ4v) is 7.13. The van der Waals surface area contributed by atoms with E-state index < -0.39 is 6.03 Å². The molecule has 0 unspecified atom stereocenters. The van der Waals surface area contributed by atoms with E-state index in [1.165, 1.54) is 11.1 Å². The van der Waals surface area contributed by atoms with Crippen molar-refractivity contribution < 1.29 is 4.79 Å². The molecule has 0 bridgehead atoms. The van der Waals surface area contributed by atoms with Crippen LogP contribution in [0.25, 0.3) is 0 Å². The quantitative estimate of drug-likeness (QED) is 0.101. The van der Waals surface area contributed by atoms with Crippen LogP contribution in [-0.4, -0.2) is 6.03 Å². The van der Waals surface area contributed by atoms with Gasteiger partial charge in [0.15, 0.2) is 0 Å². The molecule has 0 aromatic heterocycles. The number of aryl methyl sites for hydroxylation is 8. The normalized spacial score (nSPS) is 11.9. The molecule has 8 aromatic rings. The Morgan fingerprint density at radius 2 is 0.486 bits per heavy atom. The highest BCUT2D eigenvalue weighted by Gasteiger charge is 2.09. The van der Waals surface area contributed by atoms with E-state index in [-0.39, 0.29) is 0 Å². The van der Waals surface area contributed by atoms with Crippen LogP contribution in [0, 0.1) is 55.4 Å². The Morgan fingerprint density at radius 3 is 0.764 bits per heavy atom. The minimum atomic E-state index is -0.391. The molecule has 356 valence electrons. The Bertz CT molecular complexity index is 3240. The van der Waals surface area contributed by atoms with Gasteiger partial charge in [-0.05, 0) is 222 Å². The van der Waals surface area contributed by atoms with E-state index in [0.29, 0.717) is 34.1 Å². The van der Waals surface area contributed by atoms with Crippen molar-refractivity contribution >= 4 is 85.7 Å². The van der Waals surface area contributed by atoms with Crippen LogP contribution < -0.4 is 10.6 Å². The lowest BCUT2D eigenvalue weighted by Crippen LogP contribution is -2.19. The van der Waals surface area contributed by atoms with Crippen molar-refractivity contribution in [3.8, 4) is 0 Å². The largest absolute Gasteiger partial charge is 0.323 e. The van der Waals surface area contributed by atoms with Gasteiger partial charge in [-0.25, -0.2) is 4.79 Å². The molecule has 0 radical (unpaired) electrons. The Kier molecular flexibility index (Phi) is 15.6. The Labute approximate surface area is 418 Å². The molecule has 2 N–H and O–H groups in total. The average Bonchev–Trinajstić information content (AvgIpc) is 3.36. The van der Waals surface area contributed by atoms with Crippen molar-refractivity contribution in [3.05, 3.63) is 202 Å². The first-order chi connectivity index (χ1) is 34.8. The summed E-state index contributed by atoms with van der Waals surface area (Å²) >= 11 is 0. The van der Waals surface area contributed by atoms with Crippen molar-refractivity contribution in [1.29, 1.82) is 0 Å². The number of urea groups is 1. The first-order valence-corrected chi connectivity index (χ1v) is 23.2. The Morgan fingerprint density at radius 1 is 0.264 bits per heavy atom. The monoisotopic (exact) mass is 948 g/mol. The topological polar surface area (TPSA) is 189 Å². The molecule has 0 spiro atoms. The molecule has 0 atom stereocenters. The molecule has 0 aliphatic carbocycles. The number of nitrogens with one attached hydrogen (secondary N) is 2. The summed E-state index contributed by atoms with van der Waals surface area (Å²) in [5.41, 5.74) is 17.6. The molecule has 15 nitrogen and oxygen atoms in total. The summed E-state index contributed by atoms with van der Waals surface area (Å²) in [6.07, 6.45) is 0. The van der Waals surface area contributed by atoms with E-state index in [1.807, 2.05) is 201 Å². The number of carbonyl (C=O) groups excluding carboxylic acids is 1. The van der Waals surface area contributed by atoms with Crippen LogP contribution in [0.15, 0.2) is 219 Å². The van der Waals surface area contributed by atoms with Gasteiger partial charge < -0.3 is 10.6 Å². The molecule has 0 saturated heterocycles. The molecular formula is C57H52N14O. The lowest BCUT2D eigenvalue weighted by Gasteiger charge is -2.10. The third-order valence-electron chi connectivity index (χ3n) is 11.3. The molecular weight excluding hydrogens is 897 g/mol. The second-order valence-electron chi connectivity index (χ2n) is 17.3. The molecule has 2 amide bonds. The van der Waals surface area contributed by atoms with Gasteiger partial charge in [-0.15, -0.1) is 0 Å². The van der Waals surface area contributed by atoms with Crippen LogP contribution in [0.5, 0.6) is 0 Å². The van der Waals surface area contributed by atoms with Gasteiger partial charge in [-0.1, -0.05) is 35.4 Å². The maximum atomic E-state index is 13.0. The third-order valence-corrected chi connectivity index (χ3v) is 11.3. The van der Waals surface area contributed by atoms with Crippen LogP contribution in [0.2, 0.25) is 0 Å². The highest BCUT2D eigenvalue weighted by molar-refractivity contribution is 6.00. The third kappa shape index (κ3) is 13.4. The van der Waals surface area contributed by atoms with Gasteiger partial charge >= 0.3 is 6.03 Å². The van der Waals surface area contributed by atoms with Crippen LogP contribution in [-0.2, 0) is 0 Å². The molecule has 0 fully saturated rings. The summed E-state index contributed by atoms with van der Waals surface area (Å²) in [7, 11) is 0. The number of azo groups is 6. The fourth-order valence-electron chi connectivity index (χ4n) is 7.13. The molecule has 72 heavy (non-hydrogen) atoms. The molecule has 8 aromatic carbocycles. The molecule has 0 heterocycles. The van der Waals surface area contributed by atoms with Crippen molar-refractivity contribution in [2.75, 3.05) is 10.6 Å². The maximum absolute atomic E-state index is 13.0. The summed E-state index contributed by atoms with van der Waals surface area (Å²) in [5.74, 6) is 0. The van der Waals surface area contributed by atoms with Gasteiger partial charge in [0.2, 0.25) is 0 Å². The summed E-state index contributed by atoms with van der Waals surface area (Å²) in [6.45, 7) is 15.7. The van der Waals surface area contributed by atoms with E-state index in [0.717, 1.165) is 78.9 Å². The number of anilines is 2. The summed E-state index contributed by atoms with van der Waals surface area (Å²) < 4.78 is 0. The average molecular weight is 949 g/mol. The first-order valence-electron chi connectivity index (χ1n) is 23.2. The van der Waals surface area contributed by atoms with Crippen LogP contribution in [0.1, 0.15) is 44.5 Å². The predicted octanol–water partition coefficient (Wildman–Crippen LogP) is 20.3. The van der Waals surface area contributed by atoms with Gasteiger partial charge in [-0.2, -0.15) is 61.4 Å². The van der Waals surface area contributed by atoms with E-state index in [2.05, 4.69) is 72.0 Å². The van der Waals surface area contributed by atoms with Gasteiger partial charge in [0.05, 0.1) is 68.2 Å². The smallest absolute Gasteiger partial charge is 0.308 e. The second-order valence-corrected chi connectivity index (χ2v) is 17.3. The number of nitrogens with zero attached hydrogens (tertiary/aromatic N) is 12. The van der Waals surface area contributed by atoms with Crippen molar-refractivity contribution in [2.24, 2.45) is 61.4 Å². The number of amides is 2. The number of rotatable bonds is 14. The number of hydrogen-bond donors (Lipinski definition) is 2. The molecule has 0 aliphatic rings. The summed E-state index contributed by atoms with van der Waals surface area (Å²) in [6, 6.07) is 48.9. The van der Waals surface area contributed by atoms with E-state index in [4.69, 9.17) is 0 Å². The predicted molar refractivity (Wildman–Crippen MR) is 287 cm³/mol. The summed E-state index contributed by atoms with van der Waals surface area (Å²) in [5, 5.41) is 59.0. The van der Waals surface area contributed by atoms with Crippen LogP contribution >= 0.6 is 0 Å². The number of benzene rings is 8. The standard InChI is InChI=1S/C57H52N14O/c1-35-9-13-43(14-10-35)60-62-47-19-25-53(39(5)31-47)68-70-55-27-21-49(33-41(55)7)64-66-51-23-17-45(29-37(51)3)58-57(72)59-46-18-24-52(38(4)30-46)67-65-50-22-28-56(42(8)34-50)71-69-54-26-20-48(32-40(54)6)63-61-44-15-11-36(2)12-16-44/h9-34H,1-8H3,(H2,58,59,72). The van der Waals surface area contributed by atoms with Gasteiger partial charge in [-0.3, -0.25) is 0 Å². The number of hydrogen-bond acceptors (Lipinski definition) is 13. The number of carbonyl (C=O) groups is 1. The van der Waals surface area contributed by atoms with Crippen LogP contribution in [0.3, 0.4) is 0 Å². The van der Waals surface area contributed by atoms with E-state index in [9.17, 15) is 4.79 Å². The van der Waals surface area contributed by atoms with Crippen molar-refractivity contribution in [1.82, 2.24) is 0 Å². The molecule has 8 rings (SSSR count).